The molecule has 0 aliphatic heterocycles. The average Bonchev–Trinajstić information content (AvgIpc) is 3.26. The van der Waals surface area contributed by atoms with Crippen LogP contribution in [0.2, 0.25) is 10.0 Å². The molecule has 0 aliphatic rings. The molecule has 0 saturated heterocycles. The Morgan fingerprint density at radius 3 is 2.71 bits per heavy atom. The van der Waals surface area contributed by atoms with Gasteiger partial charge in [-0.3, -0.25) is 4.79 Å². The molecule has 0 fully saturated rings. The number of Topliss-reactive ketones (excluding diaryl/α,β-unsaturated/α-hetero) is 1. The molecule has 0 aliphatic carbocycles. The minimum Gasteiger partial charge on any atom is -0.461 e. The number of allylic oxidation sites excluding steroid dienone is 1. The number of rotatable bonds is 4. The maximum absolute atomic E-state index is 12.2. The fraction of sp³-hybridized carbons (Fsp3) is 0. The number of nitriles is 1. The molecular formula is C18H9Cl2NO3. The number of carbonyl (C=O) groups is 1. The van der Waals surface area contributed by atoms with Crippen LogP contribution in [-0.2, 0) is 0 Å². The molecule has 0 atom stereocenters. The molecule has 2 aromatic heterocycles. The van der Waals surface area contributed by atoms with Crippen molar-refractivity contribution >= 4 is 35.1 Å². The van der Waals surface area contributed by atoms with E-state index < -0.39 is 5.78 Å². The Morgan fingerprint density at radius 1 is 1.17 bits per heavy atom. The highest BCUT2D eigenvalue weighted by molar-refractivity contribution is 6.35. The summed E-state index contributed by atoms with van der Waals surface area (Å²) in [6.07, 6.45) is 2.72. The van der Waals surface area contributed by atoms with E-state index in [0.29, 0.717) is 27.1 Å². The molecule has 0 N–H and O–H groups in total. The van der Waals surface area contributed by atoms with E-state index in [0.717, 1.165) is 0 Å². The third kappa shape index (κ3) is 3.28. The highest BCUT2D eigenvalue weighted by Gasteiger charge is 2.16. The van der Waals surface area contributed by atoms with Crippen LogP contribution in [0.5, 0.6) is 0 Å². The Labute approximate surface area is 147 Å². The number of furan rings is 2. The van der Waals surface area contributed by atoms with Gasteiger partial charge >= 0.3 is 0 Å². The second kappa shape index (κ2) is 6.79. The van der Waals surface area contributed by atoms with E-state index in [1.807, 2.05) is 6.07 Å². The summed E-state index contributed by atoms with van der Waals surface area (Å²) in [5.74, 6) is 0.405. The first-order chi connectivity index (χ1) is 11.6. The fourth-order valence-electron chi connectivity index (χ4n) is 2.09. The average molecular weight is 358 g/mol. The molecule has 0 unspecified atom stereocenters. The number of benzene rings is 1. The fourth-order valence-corrected chi connectivity index (χ4v) is 2.48. The number of nitrogens with zero attached hydrogens (tertiary/aromatic N) is 1. The third-order valence-electron chi connectivity index (χ3n) is 3.22. The molecule has 24 heavy (non-hydrogen) atoms. The monoisotopic (exact) mass is 357 g/mol. The molecule has 0 amide bonds. The van der Waals surface area contributed by atoms with E-state index >= 15 is 0 Å². The molecule has 6 heteroatoms. The van der Waals surface area contributed by atoms with Crippen LogP contribution in [0.1, 0.15) is 16.3 Å². The highest BCUT2D eigenvalue weighted by Crippen LogP contribution is 2.32. The van der Waals surface area contributed by atoms with E-state index in [4.69, 9.17) is 32.0 Å². The minimum atomic E-state index is -0.513. The summed E-state index contributed by atoms with van der Waals surface area (Å²) >= 11 is 12.1. The van der Waals surface area contributed by atoms with Gasteiger partial charge in [0, 0.05) is 16.7 Å². The molecule has 0 bridgehead atoms. The van der Waals surface area contributed by atoms with E-state index in [2.05, 4.69) is 0 Å². The van der Waals surface area contributed by atoms with E-state index in [1.165, 1.54) is 18.4 Å². The van der Waals surface area contributed by atoms with Gasteiger partial charge in [-0.2, -0.15) is 5.26 Å². The quantitative estimate of drug-likeness (QED) is 0.344. The zero-order valence-electron chi connectivity index (χ0n) is 12.1. The normalized spacial score (nSPS) is 11.3. The van der Waals surface area contributed by atoms with Gasteiger partial charge in [-0.05, 0) is 42.5 Å². The number of ketones is 1. The third-order valence-corrected chi connectivity index (χ3v) is 3.78. The molecule has 0 radical (unpaired) electrons. The molecule has 118 valence electrons. The maximum Gasteiger partial charge on any atom is 0.238 e. The lowest BCUT2D eigenvalue weighted by Crippen LogP contribution is -1.99. The lowest BCUT2D eigenvalue weighted by atomic mass is 10.1. The molecule has 3 aromatic rings. The zero-order valence-corrected chi connectivity index (χ0v) is 13.6. The molecule has 0 saturated carbocycles. The van der Waals surface area contributed by atoms with Crippen molar-refractivity contribution in [1.82, 2.24) is 0 Å². The Bertz CT molecular complexity index is 963. The van der Waals surface area contributed by atoms with Crippen LogP contribution in [0.25, 0.3) is 17.4 Å². The van der Waals surface area contributed by atoms with E-state index in [-0.39, 0.29) is 11.3 Å². The Kier molecular flexibility index (Phi) is 4.57. The van der Waals surface area contributed by atoms with Crippen LogP contribution in [-0.4, -0.2) is 5.78 Å². The standard InChI is InChI=1S/C18H9Cl2NO3/c19-12-3-5-15(20)14(9-12)16-6-4-13(24-16)8-11(10-21)18(22)17-2-1-7-23-17/h1-9H/b11-8+. The summed E-state index contributed by atoms with van der Waals surface area (Å²) < 4.78 is 10.7. The lowest BCUT2D eigenvalue weighted by molar-refractivity contribution is 0.101. The van der Waals surface area contributed by atoms with Crippen molar-refractivity contribution in [3.8, 4) is 17.4 Å². The van der Waals surface area contributed by atoms with Crippen LogP contribution in [0.15, 0.2) is 63.1 Å². The Hall–Kier alpha value is -2.74. The summed E-state index contributed by atoms with van der Waals surface area (Å²) in [4.78, 5) is 12.2. The number of halogens is 2. The second-order valence-corrected chi connectivity index (χ2v) is 5.65. The van der Waals surface area contributed by atoms with Crippen molar-refractivity contribution in [3.05, 3.63) is 75.9 Å². The molecule has 3 rings (SSSR count). The first-order valence-corrected chi connectivity index (χ1v) is 7.59. The second-order valence-electron chi connectivity index (χ2n) is 4.80. The molecule has 1 aromatic carbocycles. The van der Waals surface area contributed by atoms with Crippen molar-refractivity contribution in [2.24, 2.45) is 0 Å². The Morgan fingerprint density at radius 2 is 2.00 bits per heavy atom. The van der Waals surface area contributed by atoms with Gasteiger partial charge in [0.2, 0.25) is 5.78 Å². The first kappa shape index (κ1) is 16.1. The summed E-state index contributed by atoms with van der Waals surface area (Å²) in [6.45, 7) is 0. The van der Waals surface area contributed by atoms with Gasteiger partial charge in [0.25, 0.3) is 0 Å². The van der Waals surface area contributed by atoms with Gasteiger partial charge in [0.15, 0.2) is 5.76 Å². The SMILES string of the molecule is N#C/C(=C\c1ccc(-c2cc(Cl)ccc2Cl)o1)C(=O)c1ccco1. The number of hydrogen-bond acceptors (Lipinski definition) is 4. The minimum absolute atomic E-state index is 0.0902. The molecule has 0 spiro atoms. The number of carbonyl (C=O) groups excluding carboxylic acids is 1. The van der Waals surface area contributed by atoms with E-state index in [1.54, 1.807) is 36.4 Å². The Balaban J connectivity index is 1.94. The summed E-state index contributed by atoms with van der Waals surface area (Å²) in [7, 11) is 0. The zero-order chi connectivity index (χ0) is 17.1. The summed E-state index contributed by atoms with van der Waals surface area (Å²) in [6, 6.07) is 13.3. The lowest BCUT2D eigenvalue weighted by Gasteiger charge is -2.01. The van der Waals surface area contributed by atoms with Gasteiger partial charge in [0.1, 0.15) is 23.2 Å². The van der Waals surface area contributed by atoms with Crippen molar-refractivity contribution in [3.63, 3.8) is 0 Å². The topological polar surface area (TPSA) is 67.1 Å². The smallest absolute Gasteiger partial charge is 0.238 e. The van der Waals surface area contributed by atoms with Crippen molar-refractivity contribution in [2.45, 2.75) is 0 Å². The molecule has 4 nitrogen and oxygen atoms in total. The summed E-state index contributed by atoms with van der Waals surface area (Å²) in [5.41, 5.74) is 0.530. The molecule has 2 heterocycles. The van der Waals surface area contributed by atoms with Crippen molar-refractivity contribution in [2.75, 3.05) is 0 Å². The van der Waals surface area contributed by atoms with Gasteiger partial charge in [-0.1, -0.05) is 23.2 Å². The van der Waals surface area contributed by atoms with E-state index in [9.17, 15) is 10.1 Å². The van der Waals surface area contributed by atoms with Gasteiger partial charge < -0.3 is 8.83 Å². The first-order valence-electron chi connectivity index (χ1n) is 6.84. The van der Waals surface area contributed by atoms with Crippen LogP contribution >= 0.6 is 23.2 Å². The highest BCUT2D eigenvalue weighted by atomic mass is 35.5. The van der Waals surface area contributed by atoms with Crippen LogP contribution < -0.4 is 0 Å². The predicted molar refractivity (Wildman–Crippen MR) is 90.8 cm³/mol. The summed E-state index contributed by atoms with van der Waals surface area (Å²) in [5, 5.41) is 10.2. The van der Waals surface area contributed by atoms with Crippen LogP contribution in [0, 0.1) is 11.3 Å². The predicted octanol–water partition coefficient (Wildman–Crippen LogP) is 5.64. The maximum atomic E-state index is 12.2. The number of hydrogen-bond donors (Lipinski definition) is 0. The van der Waals surface area contributed by atoms with Crippen LogP contribution in [0.4, 0.5) is 0 Å². The molecular weight excluding hydrogens is 349 g/mol. The van der Waals surface area contributed by atoms with Crippen molar-refractivity contribution < 1.29 is 13.6 Å². The largest absolute Gasteiger partial charge is 0.461 e. The van der Waals surface area contributed by atoms with Gasteiger partial charge in [-0.25, -0.2) is 0 Å². The van der Waals surface area contributed by atoms with Crippen LogP contribution in [0.3, 0.4) is 0 Å². The van der Waals surface area contributed by atoms with Gasteiger partial charge in [0.05, 0.1) is 11.3 Å². The van der Waals surface area contributed by atoms with Gasteiger partial charge in [-0.15, -0.1) is 0 Å². The van der Waals surface area contributed by atoms with Crippen molar-refractivity contribution in [1.29, 1.82) is 5.26 Å².